The third-order valence-corrected chi connectivity index (χ3v) is 2.11. The van der Waals surface area contributed by atoms with Crippen LogP contribution in [-0.2, 0) is 6.18 Å². The van der Waals surface area contributed by atoms with E-state index in [2.05, 4.69) is 0 Å². The third kappa shape index (κ3) is 3.72. The van der Waals surface area contributed by atoms with E-state index in [0.717, 1.165) is 17.7 Å². The Labute approximate surface area is 92.9 Å². The van der Waals surface area contributed by atoms with E-state index in [9.17, 15) is 13.2 Å². The first kappa shape index (κ1) is 14.3. The highest BCUT2D eigenvalue weighted by atomic mass is 35.5. The topological polar surface area (TPSA) is 26.0 Å². The van der Waals surface area contributed by atoms with Crippen LogP contribution in [0.3, 0.4) is 0 Å². The molecule has 0 aliphatic heterocycles. The summed E-state index contributed by atoms with van der Waals surface area (Å²) in [4.78, 5) is 0. The molecular formula is C10H13ClF3N. The number of benzene rings is 1. The number of rotatable bonds is 2. The van der Waals surface area contributed by atoms with Crippen LogP contribution in [-0.4, -0.2) is 0 Å². The Bertz CT molecular complexity index is 295. The molecule has 5 heteroatoms. The minimum atomic E-state index is -4.27. The first-order chi connectivity index (χ1) is 6.45. The molecule has 0 saturated heterocycles. The molecule has 0 heterocycles. The molecule has 1 aromatic rings. The van der Waals surface area contributed by atoms with Crippen molar-refractivity contribution >= 4 is 12.4 Å². The normalized spacial score (nSPS) is 13.1. The first-order valence-corrected chi connectivity index (χ1v) is 4.38. The molecule has 0 aliphatic rings. The Morgan fingerprint density at radius 1 is 1.20 bits per heavy atom. The van der Waals surface area contributed by atoms with Crippen molar-refractivity contribution in [3.8, 4) is 0 Å². The van der Waals surface area contributed by atoms with E-state index < -0.39 is 11.7 Å². The molecule has 1 atom stereocenters. The Kier molecular flexibility index (Phi) is 5.11. The molecule has 0 aromatic heterocycles. The van der Waals surface area contributed by atoms with E-state index in [-0.39, 0.29) is 18.4 Å². The van der Waals surface area contributed by atoms with Crippen LogP contribution >= 0.6 is 12.4 Å². The fraction of sp³-hybridized carbons (Fsp3) is 0.400. The molecule has 0 aliphatic carbocycles. The van der Waals surface area contributed by atoms with Gasteiger partial charge >= 0.3 is 6.18 Å². The minimum absolute atomic E-state index is 0. The highest BCUT2D eigenvalue weighted by Crippen LogP contribution is 2.29. The van der Waals surface area contributed by atoms with Gasteiger partial charge in [-0.2, -0.15) is 13.2 Å². The van der Waals surface area contributed by atoms with Gasteiger partial charge in [-0.3, -0.25) is 0 Å². The maximum absolute atomic E-state index is 12.2. The van der Waals surface area contributed by atoms with Gasteiger partial charge in [0, 0.05) is 6.04 Å². The molecule has 0 fully saturated rings. The van der Waals surface area contributed by atoms with Crippen LogP contribution in [0.15, 0.2) is 24.3 Å². The molecule has 1 aromatic carbocycles. The summed E-state index contributed by atoms with van der Waals surface area (Å²) in [6, 6.07) is 4.79. The van der Waals surface area contributed by atoms with Gasteiger partial charge in [0.25, 0.3) is 0 Å². The molecule has 86 valence electrons. The van der Waals surface area contributed by atoms with Gasteiger partial charge in [0.1, 0.15) is 0 Å². The largest absolute Gasteiger partial charge is 0.416 e. The molecule has 0 unspecified atom stereocenters. The predicted molar refractivity (Wildman–Crippen MR) is 55.9 cm³/mol. The summed E-state index contributed by atoms with van der Waals surface area (Å²) in [6.07, 6.45) is -3.56. The zero-order chi connectivity index (χ0) is 10.8. The van der Waals surface area contributed by atoms with Crippen molar-refractivity contribution < 1.29 is 13.2 Å². The van der Waals surface area contributed by atoms with Crippen LogP contribution < -0.4 is 5.73 Å². The van der Waals surface area contributed by atoms with Crippen molar-refractivity contribution in [3.63, 3.8) is 0 Å². The molecule has 15 heavy (non-hydrogen) atoms. The van der Waals surface area contributed by atoms with Crippen molar-refractivity contribution in [2.75, 3.05) is 0 Å². The van der Waals surface area contributed by atoms with Crippen LogP contribution in [0, 0.1) is 0 Å². The van der Waals surface area contributed by atoms with Gasteiger partial charge < -0.3 is 5.73 Å². The number of nitrogens with two attached hydrogens (primary N) is 1. The summed E-state index contributed by atoms with van der Waals surface area (Å²) in [5.74, 6) is 0. The Hall–Kier alpha value is -0.740. The molecule has 2 N–H and O–H groups in total. The fourth-order valence-electron chi connectivity index (χ4n) is 1.15. The third-order valence-electron chi connectivity index (χ3n) is 2.11. The molecule has 0 bridgehead atoms. The molecule has 0 amide bonds. The van der Waals surface area contributed by atoms with Crippen LogP contribution in [0.5, 0.6) is 0 Å². The van der Waals surface area contributed by atoms with Gasteiger partial charge in [0.15, 0.2) is 0 Å². The lowest BCUT2D eigenvalue weighted by Gasteiger charge is -2.11. The summed E-state index contributed by atoms with van der Waals surface area (Å²) in [5.41, 5.74) is 5.77. The highest BCUT2D eigenvalue weighted by Gasteiger charge is 2.29. The number of alkyl halides is 3. The lowest BCUT2D eigenvalue weighted by atomic mass is 10.0. The predicted octanol–water partition coefficient (Wildman–Crippen LogP) is 3.54. The number of hydrogen-bond acceptors (Lipinski definition) is 1. The van der Waals surface area contributed by atoms with Crippen molar-refractivity contribution in [1.29, 1.82) is 0 Å². The van der Waals surface area contributed by atoms with E-state index in [1.54, 1.807) is 0 Å². The lowest BCUT2D eigenvalue weighted by Crippen LogP contribution is -2.10. The van der Waals surface area contributed by atoms with Gasteiger partial charge in [0.05, 0.1) is 5.56 Å². The Morgan fingerprint density at radius 2 is 1.67 bits per heavy atom. The summed E-state index contributed by atoms with van der Waals surface area (Å²) in [6.45, 7) is 1.89. The SMILES string of the molecule is CC[C@@H](N)c1ccc(C(F)(F)F)cc1.Cl. The van der Waals surface area contributed by atoms with E-state index in [4.69, 9.17) is 5.73 Å². The van der Waals surface area contributed by atoms with Gasteiger partial charge in [-0.15, -0.1) is 12.4 Å². The smallest absolute Gasteiger partial charge is 0.324 e. The fourth-order valence-corrected chi connectivity index (χ4v) is 1.15. The summed E-state index contributed by atoms with van der Waals surface area (Å²) in [5, 5.41) is 0. The van der Waals surface area contributed by atoms with Crippen LogP contribution in [0.1, 0.15) is 30.5 Å². The molecule has 0 spiro atoms. The monoisotopic (exact) mass is 239 g/mol. The molecular weight excluding hydrogens is 227 g/mol. The van der Waals surface area contributed by atoms with Crippen molar-refractivity contribution in [2.24, 2.45) is 5.73 Å². The quantitative estimate of drug-likeness (QED) is 0.839. The summed E-state index contributed by atoms with van der Waals surface area (Å²) < 4.78 is 36.5. The minimum Gasteiger partial charge on any atom is -0.324 e. The van der Waals surface area contributed by atoms with Gasteiger partial charge in [-0.25, -0.2) is 0 Å². The molecule has 1 rings (SSSR count). The molecule has 0 radical (unpaired) electrons. The molecule has 1 nitrogen and oxygen atoms in total. The Morgan fingerprint density at radius 3 is 2.00 bits per heavy atom. The van der Waals surface area contributed by atoms with E-state index >= 15 is 0 Å². The van der Waals surface area contributed by atoms with Gasteiger partial charge in [0.2, 0.25) is 0 Å². The number of halogens is 4. The average molecular weight is 240 g/mol. The second kappa shape index (κ2) is 5.37. The second-order valence-electron chi connectivity index (χ2n) is 3.13. The standard InChI is InChI=1S/C10H12F3N.ClH/c1-2-9(14)7-3-5-8(6-4-7)10(11,12)13;/h3-6,9H,2,14H2,1H3;1H/t9-;/m1./s1. The van der Waals surface area contributed by atoms with Crippen molar-refractivity contribution in [3.05, 3.63) is 35.4 Å². The number of hydrogen-bond donors (Lipinski definition) is 1. The second-order valence-corrected chi connectivity index (χ2v) is 3.13. The average Bonchev–Trinajstić information content (AvgIpc) is 2.15. The van der Waals surface area contributed by atoms with Crippen molar-refractivity contribution in [2.45, 2.75) is 25.6 Å². The van der Waals surface area contributed by atoms with E-state index in [1.807, 2.05) is 6.92 Å². The summed E-state index contributed by atoms with van der Waals surface area (Å²) >= 11 is 0. The Balaban J connectivity index is 0.00000196. The van der Waals surface area contributed by atoms with Gasteiger partial charge in [-0.05, 0) is 24.1 Å². The lowest BCUT2D eigenvalue weighted by molar-refractivity contribution is -0.137. The van der Waals surface area contributed by atoms with E-state index in [1.165, 1.54) is 12.1 Å². The first-order valence-electron chi connectivity index (χ1n) is 4.38. The van der Waals surface area contributed by atoms with Gasteiger partial charge in [-0.1, -0.05) is 19.1 Å². The zero-order valence-corrected chi connectivity index (χ0v) is 9.03. The summed E-state index contributed by atoms with van der Waals surface area (Å²) in [7, 11) is 0. The van der Waals surface area contributed by atoms with E-state index in [0.29, 0.717) is 6.42 Å². The highest BCUT2D eigenvalue weighted by molar-refractivity contribution is 5.85. The van der Waals surface area contributed by atoms with Crippen LogP contribution in [0.2, 0.25) is 0 Å². The van der Waals surface area contributed by atoms with Crippen molar-refractivity contribution in [1.82, 2.24) is 0 Å². The maximum atomic E-state index is 12.2. The zero-order valence-electron chi connectivity index (χ0n) is 8.21. The molecule has 0 saturated carbocycles. The van der Waals surface area contributed by atoms with Crippen LogP contribution in [0.25, 0.3) is 0 Å². The van der Waals surface area contributed by atoms with Crippen LogP contribution in [0.4, 0.5) is 13.2 Å². The maximum Gasteiger partial charge on any atom is 0.416 e.